The average Bonchev–Trinajstić information content (AvgIpc) is 3.22. The van der Waals surface area contributed by atoms with Crippen molar-refractivity contribution in [1.82, 2.24) is 24.3 Å². The molecule has 4 aromatic rings. The first kappa shape index (κ1) is 20.8. The molecule has 0 aliphatic carbocycles. The molecule has 2 aromatic carbocycles. The van der Waals surface area contributed by atoms with E-state index in [1.54, 1.807) is 28.3 Å². The SMILES string of the molecule is Cc1cccc2c(=O)n(CCC(=O)N3CCN(Cc4nc5ccccc5s4)CC3)cnc12. The van der Waals surface area contributed by atoms with Crippen LogP contribution in [0, 0.1) is 6.92 Å². The third-order valence-electron chi connectivity index (χ3n) is 6.04. The van der Waals surface area contributed by atoms with E-state index in [2.05, 4.69) is 16.0 Å². The van der Waals surface area contributed by atoms with Crippen molar-refractivity contribution in [2.45, 2.75) is 26.4 Å². The van der Waals surface area contributed by atoms with Crippen LogP contribution in [0.4, 0.5) is 0 Å². The number of benzene rings is 2. The second-order valence-electron chi connectivity index (χ2n) is 8.20. The number of rotatable bonds is 5. The fraction of sp³-hybridized carbons (Fsp3) is 0.333. The van der Waals surface area contributed by atoms with E-state index in [4.69, 9.17) is 4.98 Å². The molecular weight excluding hydrogens is 422 g/mol. The summed E-state index contributed by atoms with van der Waals surface area (Å²) in [5, 5.41) is 1.72. The Morgan fingerprint density at radius 2 is 1.88 bits per heavy atom. The molecule has 2 aromatic heterocycles. The zero-order valence-corrected chi connectivity index (χ0v) is 18.8. The lowest BCUT2D eigenvalue weighted by atomic mass is 10.1. The van der Waals surface area contributed by atoms with Gasteiger partial charge in [0.05, 0.1) is 34.0 Å². The van der Waals surface area contributed by atoms with Crippen molar-refractivity contribution in [1.29, 1.82) is 0 Å². The highest BCUT2D eigenvalue weighted by atomic mass is 32.1. The van der Waals surface area contributed by atoms with Crippen molar-refractivity contribution in [3.63, 3.8) is 0 Å². The highest BCUT2D eigenvalue weighted by Crippen LogP contribution is 2.23. The van der Waals surface area contributed by atoms with Gasteiger partial charge in [0.1, 0.15) is 5.01 Å². The number of hydrogen-bond donors (Lipinski definition) is 0. The molecule has 164 valence electrons. The number of carbonyl (C=O) groups excluding carboxylic acids is 1. The zero-order valence-electron chi connectivity index (χ0n) is 18.0. The van der Waals surface area contributed by atoms with Crippen LogP contribution >= 0.6 is 11.3 Å². The molecule has 1 aliphatic rings. The lowest BCUT2D eigenvalue weighted by Crippen LogP contribution is -2.48. The fourth-order valence-electron chi connectivity index (χ4n) is 4.21. The molecule has 3 heterocycles. The van der Waals surface area contributed by atoms with Crippen LogP contribution in [-0.2, 0) is 17.9 Å². The number of amides is 1. The largest absolute Gasteiger partial charge is 0.340 e. The molecule has 0 N–H and O–H groups in total. The number of nitrogens with zero attached hydrogens (tertiary/aromatic N) is 5. The Labute approximate surface area is 189 Å². The van der Waals surface area contributed by atoms with E-state index in [1.165, 1.54) is 4.70 Å². The van der Waals surface area contributed by atoms with Crippen molar-refractivity contribution in [2.24, 2.45) is 0 Å². The molecule has 0 spiro atoms. The van der Waals surface area contributed by atoms with Gasteiger partial charge in [-0.2, -0.15) is 0 Å². The van der Waals surface area contributed by atoms with E-state index in [-0.39, 0.29) is 11.5 Å². The molecule has 0 bridgehead atoms. The average molecular weight is 448 g/mol. The Morgan fingerprint density at radius 3 is 2.69 bits per heavy atom. The third kappa shape index (κ3) is 4.16. The number of aryl methyl sites for hydroxylation is 2. The fourth-order valence-corrected chi connectivity index (χ4v) is 5.22. The second-order valence-corrected chi connectivity index (χ2v) is 9.31. The third-order valence-corrected chi connectivity index (χ3v) is 7.07. The van der Waals surface area contributed by atoms with Gasteiger partial charge in [0.25, 0.3) is 5.56 Å². The minimum absolute atomic E-state index is 0.0841. The summed E-state index contributed by atoms with van der Waals surface area (Å²) in [7, 11) is 0. The summed E-state index contributed by atoms with van der Waals surface area (Å²) in [5.41, 5.74) is 2.66. The molecular formula is C24H25N5O2S. The van der Waals surface area contributed by atoms with E-state index in [0.29, 0.717) is 31.4 Å². The maximum atomic E-state index is 12.7. The van der Waals surface area contributed by atoms with Crippen LogP contribution in [0.3, 0.4) is 0 Å². The minimum Gasteiger partial charge on any atom is -0.340 e. The molecule has 8 heteroatoms. The van der Waals surface area contributed by atoms with Gasteiger partial charge in [0.2, 0.25) is 5.91 Å². The maximum absolute atomic E-state index is 12.7. The molecule has 32 heavy (non-hydrogen) atoms. The molecule has 1 amide bonds. The van der Waals surface area contributed by atoms with Crippen molar-refractivity contribution in [3.05, 3.63) is 69.7 Å². The van der Waals surface area contributed by atoms with Gasteiger partial charge in [-0.05, 0) is 30.7 Å². The highest BCUT2D eigenvalue weighted by Gasteiger charge is 2.22. The van der Waals surface area contributed by atoms with Gasteiger partial charge >= 0.3 is 0 Å². The van der Waals surface area contributed by atoms with Crippen LogP contribution in [0.2, 0.25) is 0 Å². The van der Waals surface area contributed by atoms with E-state index in [0.717, 1.165) is 41.2 Å². The molecule has 0 radical (unpaired) electrons. The number of para-hydroxylation sites is 2. The summed E-state index contributed by atoms with van der Waals surface area (Å²) in [5.74, 6) is 0.0841. The molecule has 1 aliphatic heterocycles. The maximum Gasteiger partial charge on any atom is 0.261 e. The predicted octanol–water partition coefficient (Wildman–Crippen LogP) is 3.05. The molecule has 5 rings (SSSR count). The van der Waals surface area contributed by atoms with E-state index >= 15 is 0 Å². The Kier molecular flexibility index (Phi) is 5.71. The summed E-state index contributed by atoms with van der Waals surface area (Å²) >= 11 is 1.74. The van der Waals surface area contributed by atoms with Gasteiger partial charge in [-0.25, -0.2) is 9.97 Å². The molecule has 0 saturated carbocycles. The van der Waals surface area contributed by atoms with E-state index in [9.17, 15) is 9.59 Å². The second kappa shape index (κ2) is 8.80. The van der Waals surface area contributed by atoms with Crippen LogP contribution in [-0.4, -0.2) is 56.4 Å². The van der Waals surface area contributed by atoms with Crippen molar-refractivity contribution >= 4 is 38.4 Å². The monoisotopic (exact) mass is 447 g/mol. The van der Waals surface area contributed by atoms with Gasteiger partial charge in [0, 0.05) is 39.1 Å². The number of thiazole rings is 1. The summed E-state index contributed by atoms with van der Waals surface area (Å²) in [6, 6.07) is 13.8. The van der Waals surface area contributed by atoms with Gasteiger partial charge in [0.15, 0.2) is 0 Å². The van der Waals surface area contributed by atoms with Crippen LogP contribution in [0.5, 0.6) is 0 Å². The van der Waals surface area contributed by atoms with E-state index < -0.39 is 0 Å². The standard InChI is InChI=1S/C24H25N5O2S/c1-17-5-4-6-18-23(17)25-16-29(24(18)31)10-9-22(30)28-13-11-27(12-14-28)15-21-26-19-7-2-3-8-20(19)32-21/h2-8,16H,9-15H2,1H3. The number of fused-ring (bicyclic) bond motifs is 2. The summed E-state index contributed by atoms with van der Waals surface area (Å²) in [4.78, 5) is 38.9. The highest BCUT2D eigenvalue weighted by molar-refractivity contribution is 7.18. The predicted molar refractivity (Wildman–Crippen MR) is 127 cm³/mol. The van der Waals surface area contributed by atoms with Gasteiger partial charge in [-0.3, -0.25) is 19.1 Å². The van der Waals surface area contributed by atoms with Gasteiger partial charge in [-0.15, -0.1) is 11.3 Å². The zero-order chi connectivity index (χ0) is 22.1. The van der Waals surface area contributed by atoms with Crippen LogP contribution in [0.25, 0.3) is 21.1 Å². The van der Waals surface area contributed by atoms with E-state index in [1.807, 2.05) is 42.2 Å². The smallest absolute Gasteiger partial charge is 0.261 e. The Hall–Kier alpha value is -3.10. The lowest BCUT2D eigenvalue weighted by Gasteiger charge is -2.34. The minimum atomic E-state index is -0.0906. The number of piperazine rings is 1. The van der Waals surface area contributed by atoms with Crippen molar-refractivity contribution < 1.29 is 4.79 Å². The number of carbonyl (C=O) groups is 1. The Balaban J connectivity index is 1.16. The number of hydrogen-bond acceptors (Lipinski definition) is 6. The summed E-state index contributed by atoms with van der Waals surface area (Å²) < 4.78 is 2.76. The van der Waals surface area contributed by atoms with Gasteiger partial charge < -0.3 is 4.90 Å². The normalized spacial score (nSPS) is 15.0. The van der Waals surface area contributed by atoms with Crippen LogP contribution in [0.15, 0.2) is 53.6 Å². The molecule has 0 unspecified atom stereocenters. The number of aromatic nitrogens is 3. The molecule has 1 saturated heterocycles. The van der Waals surface area contributed by atoms with Crippen LogP contribution in [0.1, 0.15) is 17.0 Å². The van der Waals surface area contributed by atoms with Crippen LogP contribution < -0.4 is 5.56 Å². The summed E-state index contributed by atoms with van der Waals surface area (Å²) in [6.45, 7) is 6.18. The summed E-state index contributed by atoms with van der Waals surface area (Å²) in [6.07, 6.45) is 1.86. The lowest BCUT2D eigenvalue weighted by molar-refractivity contribution is -0.133. The topological polar surface area (TPSA) is 71.3 Å². The quantitative estimate of drug-likeness (QED) is 0.470. The first-order valence-electron chi connectivity index (χ1n) is 10.9. The molecule has 0 atom stereocenters. The first-order chi connectivity index (χ1) is 15.6. The molecule has 7 nitrogen and oxygen atoms in total. The van der Waals surface area contributed by atoms with Crippen molar-refractivity contribution in [3.8, 4) is 0 Å². The molecule has 1 fully saturated rings. The Bertz CT molecular complexity index is 1300. The van der Waals surface area contributed by atoms with Crippen molar-refractivity contribution in [2.75, 3.05) is 26.2 Å². The first-order valence-corrected chi connectivity index (χ1v) is 11.7. The van der Waals surface area contributed by atoms with Gasteiger partial charge in [-0.1, -0.05) is 24.3 Å². The Morgan fingerprint density at radius 1 is 1.06 bits per heavy atom.